The van der Waals surface area contributed by atoms with Gasteiger partial charge in [0.1, 0.15) is 11.6 Å². The Balaban J connectivity index is 2.76. The topological polar surface area (TPSA) is 51.2 Å². The number of hydrogen-bond acceptors (Lipinski definition) is 4. The van der Waals surface area contributed by atoms with Crippen LogP contribution >= 0.6 is 0 Å². The fraction of sp³-hybridized carbons (Fsp3) is 0.412. The number of nitrogens with one attached hydrogen (secondary N) is 1. The number of ether oxygens (including phenoxy) is 1. The lowest BCUT2D eigenvalue weighted by Gasteiger charge is -2.23. The molecule has 1 aromatic carbocycles. The Hall–Kier alpha value is -2.17. The Labute approximate surface area is 129 Å². The zero-order chi connectivity index (χ0) is 16.5. The molecule has 0 radical (unpaired) electrons. The van der Waals surface area contributed by atoms with Gasteiger partial charge < -0.3 is 10.1 Å². The molecule has 0 aliphatic rings. The molecule has 0 saturated heterocycles. The van der Waals surface area contributed by atoms with Gasteiger partial charge in [0.15, 0.2) is 0 Å². The number of hydrogen-bond donors (Lipinski definition) is 1. The van der Waals surface area contributed by atoms with Crippen LogP contribution in [0.1, 0.15) is 43.7 Å². The molecule has 0 fully saturated rings. The van der Waals surface area contributed by atoms with Crippen molar-refractivity contribution < 1.29 is 13.9 Å². The zero-order valence-electron chi connectivity index (χ0n) is 13.6. The van der Waals surface area contributed by atoms with E-state index in [1.807, 2.05) is 20.8 Å². The average molecular weight is 304 g/mol. The van der Waals surface area contributed by atoms with Gasteiger partial charge in [-0.05, 0) is 40.7 Å². The molecule has 4 nitrogen and oxygen atoms in total. The minimum atomic E-state index is -0.551. The summed E-state index contributed by atoms with van der Waals surface area (Å²) in [6, 6.07) is 4.70. The molecule has 118 valence electrons. The van der Waals surface area contributed by atoms with Gasteiger partial charge in [-0.25, -0.2) is 14.2 Å². The molecule has 0 aliphatic heterocycles. The van der Waals surface area contributed by atoms with Crippen molar-refractivity contribution in [2.24, 2.45) is 0 Å². The first-order valence-corrected chi connectivity index (χ1v) is 7.28. The SMILES string of the molecule is CCOC(=O)c1c(C)nc(NC(C)(C)C)c2cccc(F)c12. The van der Waals surface area contributed by atoms with Gasteiger partial charge in [0.2, 0.25) is 0 Å². The molecule has 0 atom stereocenters. The maximum absolute atomic E-state index is 14.4. The molecule has 0 bridgehead atoms. The Morgan fingerprint density at radius 2 is 2.05 bits per heavy atom. The highest BCUT2D eigenvalue weighted by Crippen LogP contribution is 2.31. The van der Waals surface area contributed by atoms with Crippen LogP contribution in [0.25, 0.3) is 10.8 Å². The fourth-order valence-electron chi connectivity index (χ4n) is 2.34. The van der Waals surface area contributed by atoms with E-state index in [2.05, 4.69) is 10.3 Å². The van der Waals surface area contributed by atoms with Gasteiger partial charge in [-0.2, -0.15) is 0 Å². The molecule has 1 heterocycles. The molecule has 0 saturated carbocycles. The third-order valence-electron chi connectivity index (χ3n) is 3.13. The lowest BCUT2D eigenvalue weighted by Crippen LogP contribution is -2.27. The first-order valence-electron chi connectivity index (χ1n) is 7.28. The second-order valence-electron chi connectivity index (χ2n) is 6.18. The maximum Gasteiger partial charge on any atom is 0.340 e. The molecule has 1 aromatic heterocycles. The Bertz CT molecular complexity index is 721. The van der Waals surface area contributed by atoms with Crippen molar-refractivity contribution in [3.05, 3.63) is 35.3 Å². The van der Waals surface area contributed by atoms with Gasteiger partial charge in [0, 0.05) is 16.3 Å². The van der Waals surface area contributed by atoms with Gasteiger partial charge in [0.25, 0.3) is 0 Å². The van der Waals surface area contributed by atoms with Crippen LogP contribution in [-0.4, -0.2) is 23.1 Å². The molecule has 0 amide bonds. The lowest BCUT2D eigenvalue weighted by atomic mass is 10.0. The Kier molecular flexibility index (Phi) is 4.35. The second kappa shape index (κ2) is 5.91. The number of rotatable bonds is 3. The Morgan fingerprint density at radius 1 is 1.36 bits per heavy atom. The minimum absolute atomic E-state index is 0.189. The van der Waals surface area contributed by atoms with Gasteiger partial charge in [-0.3, -0.25) is 0 Å². The summed E-state index contributed by atoms with van der Waals surface area (Å²) >= 11 is 0. The van der Waals surface area contributed by atoms with Crippen molar-refractivity contribution in [3.63, 3.8) is 0 Å². The highest BCUT2D eigenvalue weighted by atomic mass is 19.1. The predicted octanol–water partition coefficient (Wildman–Crippen LogP) is 4.07. The monoisotopic (exact) mass is 304 g/mol. The van der Waals surface area contributed by atoms with Crippen LogP contribution in [0.4, 0.5) is 10.2 Å². The van der Waals surface area contributed by atoms with Crippen molar-refractivity contribution in [2.45, 2.75) is 40.2 Å². The van der Waals surface area contributed by atoms with E-state index in [9.17, 15) is 9.18 Å². The van der Waals surface area contributed by atoms with Crippen LogP contribution in [0.15, 0.2) is 18.2 Å². The smallest absolute Gasteiger partial charge is 0.340 e. The number of aryl methyl sites for hydroxylation is 1. The van der Waals surface area contributed by atoms with Gasteiger partial charge >= 0.3 is 5.97 Å². The summed E-state index contributed by atoms with van der Waals surface area (Å²) in [6.45, 7) is 9.62. The van der Waals surface area contributed by atoms with Crippen LogP contribution in [0.3, 0.4) is 0 Å². The Morgan fingerprint density at radius 3 is 2.64 bits per heavy atom. The molecule has 2 aromatic rings. The number of halogens is 1. The van der Waals surface area contributed by atoms with E-state index in [0.717, 1.165) is 0 Å². The standard InChI is InChI=1S/C17H21FN2O2/c1-6-22-16(21)13-10(2)19-15(20-17(3,4)5)11-8-7-9-12(18)14(11)13/h7-9H,6H2,1-5H3,(H,19,20). The van der Waals surface area contributed by atoms with Gasteiger partial charge in [-0.1, -0.05) is 12.1 Å². The van der Waals surface area contributed by atoms with Gasteiger partial charge in [-0.15, -0.1) is 0 Å². The van der Waals surface area contributed by atoms with E-state index in [-0.39, 0.29) is 23.1 Å². The summed E-state index contributed by atoms with van der Waals surface area (Å²) in [6.07, 6.45) is 0. The number of anilines is 1. The van der Waals surface area contributed by atoms with Crippen LogP contribution in [0.2, 0.25) is 0 Å². The van der Waals surface area contributed by atoms with Crippen molar-refractivity contribution in [1.29, 1.82) is 0 Å². The summed E-state index contributed by atoms with van der Waals surface area (Å²) in [5, 5.41) is 4.08. The number of fused-ring (bicyclic) bond motifs is 1. The second-order valence-corrected chi connectivity index (χ2v) is 6.18. The highest BCUT2D eigenvalue weighted by molar-refractivity contribution is 6.08. The number of pyridine rings is 1. The van der Waals surface area contributed by atoms with E-state index >= 15 is 0 Å². The van der Waals surface area contributed by atoms with Crippen LogP contribution in [-0.2, 0) is 4.74 Å². The zero-order valence-corrected chi connectivity index (χ0v) is 13.6. The van der Waals surface area contributed by atoms with Crippen LogP contribution in [0.5, 0.6) is 0 Å². The molecule has 5 heteroatoms. The fourth-order valence-corrected chi connectivity index (χ4v) is 2.34. The number of benzene rings is 1. The molecular formula is C17H21FN2O2. The summed E-state index contributed by atoms with van der Waals surface area (Å²) in [4.78, 5) is 16.6. The van der Waals surface area contributed by atoms with E-state index in [1.165, 1.54) is 6.07 Å². The number of carbonyl (C=O) groups excluding carboxylic acids is 1. The van der Waals surface area contributed by atoms with Crippen molar-refractivity contribution in [1.82, 2.24) is 4.98 Å². The number of aromatic nitrogens is 1. The molecule has 2 rings (SSSR count). The molecule has 0 spiro atoms. The summed E-state index contributed by atoms with van der Waals surface area (Å²) < 4.78 is 19.4. The van der Waals surface area contributed by atoms with Crippen molar-refractivity contribution >= 4 is 22.6 Å². The van der Waals surface area contributed by atoms with Crippen molar-refractivity contribution in [3.8, 4) is 0 Å². The third kappa shape index (κ3) is 3.18. The predicted molar refractivity (Wildman–Crippen MR) is 85.8 cm³/mol. The highest BCUT2D eigenvalue weighted by Gasteiger charge is 2.22. The summed E-state index contributed by atoms with van der Waals surface area (Å²) in [5.74, 6) is -0.444. The molecule has 0 unspecified atom stereocenters. The van der Waals surface area contributed by atoms with Crippen molar-refractivity contribution in [2.75, 3.05) is 11.9 Å². The molecular weight excluding hydrogens is 283 g/mol. The lowest BCUT2D eigenvalue weighted by molar-refractivity contribution is 0.0527. The number of esters is 1. The third-order valence-corrected chi connectivity index (χ3v) is 3.13. The summed E-state index contributed by atoms with van der Waals surface area (Å²) in [5.41, 5.74) is 0.404. The maximum atomic E-state index is 14.4. The van der Waals surface area contributed by atoms with Gasteiger partial charge in [0.05, 0.1) is 17.9 Å². The summed E-state index contributed by atoms with van der Waals surface area (Å²) in [7, 11) is 0. The van der Waals surface area contributed by atoms with E-state index in [1.54, 1.807) is 26.0 Å². The molecule has 0 aliphatic carbocycles. The van der Waals surface area contributed by atoms with Crippen LogP contribution in [0, 0.1) is 12.7 Å². The first kappa shape index (κ1) is 16.2. The van der Waals surface area contributed by atoms with E-state index in [0.29, 0.717) is 16.9 Å². The quantitative estimate of drug-likeness (QED) is 0.868. The van der Waals surface area contributed by atoms with E-state index in [4.69, 9.17) is 4.74 Å². The number of carbonyl (C=O) groups is 1. The molecule has 22 heavy (non-hydrogen) atoms. The van der Waals surface area contributed by atoms with Crippen LogP contribution < -0.4 is 5.32 Å². The average Bonchev–Trinajstić information content (AvgIpc) is 2.38. The van der Waals surface area contributed by atoms with E-state index < -0.39 is 11.8 Å². The first-order chi connectivity index (χ1) is 10.2. The minimum Gasteiger partial charge on any atom is -0.462 e. The normalized spacial score (nSPS) is 11.5. The largest absolute Gasteiger partial charge is 0.462 e. The molecule has 1 N–H and O–H groups in total. The number of nitrogens with zero attached hydrogens (tertiary/aromatic N) is 1.